The fraction of sp³-hybridized carbons (Fsp3) is 0.526. The zero-order valence-electron chi connectivity index (χ0n) is 15.4. The summed E-state index contributed by atoms with van der Waals surface area (Å²) in [5.74, 6) is 1.26. The van der Waals surface area contributed by atoms with Crippen molar-refractivity contribution < 1.29 is 14.4 Å². The number of fused-ring (bicyclic) bond motifs is 1. The zero-order valence-corrected chi connectivity index (χ0v) is 15.4. The summed E-state index contributed by atoms with van der Waals surface area (Å²) in [5.41, 5.74) is 2.57. The third-order valence-electron chi connectivity index (χ3n) is 4.63. The van der Waals surface area contributed by atoms with Crippen molar-refractivity contribution in [2.75, 3.05) is 27.3 Å². The molecule has 0 fully saturated rings. The number of hydrogen-bond acceptors (Lipinski definition) is 3. The van der Waals surface area contributed by atoms with Gasteiger partial charge in [0.15, 0.2) is 5.43 Å². The molecule has 5 nitrogen and oxygen atoms in total. The van der Waals surface area contributed by atoms with Crippen LogP contribution in [0.1, 0.15) is 37.9 Å². The first-order valence-corrected chi connectivity index (χ1v) is 8.66. The van der Waals surface area contributed by atoms with Crippen LogP contribution in [0.5, 0.6) is 11.5 Å². The largest absolute Gasteiger partial charge is 0.497 e. The second-order valence-electron chi connectivity index (χ2n) is 6.19. The average Bonchev–Trinajstić information content (AvgIpc) is 2.60. The Morgan fingerprint density at radius 1 is 1.17 bits per heavy atom. The number of pyridine rings is 1. The lowest BCUT2D eigenvalue weighted by atomic mass is 10.1. The first kappa shape index (κ1) is 18.3. The molecule has 0 spiro atoms. The van der Waals surface area contributed by atoms with Crippen LogP contribution in [0.2, 0.25) is 0 Å². The Morgan fingerprint density at radius 3 is 2.50 bits per heavy atom. The summed E-state index contributed by atoms with van der Waals surface area (Å²) in [7, 11) is 3.20. The van der Waals surface area contributed by atoms with Crippen molar-refractivity contribution >= 4 is 10.9 Å². The van der Waals surface area contributed by atoms with E-state index < -0.39 is 0 Å². The Bertz CT molecular complexity index is 752. The van der Waals surface area contributed by atoms with Gasteiger partial charge in [-0.3, -0.25) is 4.79 Å². The Kier molecular flexibility index (Phi) is 6.26. The first-order chi connectivity index (χ1) is 11.5. The van der Waals surface area contributed by atoms with E-state index in [1.807, 2.05) is 6.92 Å². The van der Waals surface area contributed by atoms with Crippen LogP contribution >= 0.6 is 0 Å². The molecule has 1 unspecified atom stereocenters. The van der Waals surface area contributed by atoms with E-state index in [1.54, 1.807) is 26.4 Å². The molecule has 1 atom stereocenters. The number of aryl methyl sites for hydroxylation is 1. The van der Waals surface area contributed by atoms with Crippen molar-refractivity contribution in [3.8, 4) is 11.5 Å². The number of aromatic nitrogens is 1. The monoisotopic (exact) mass is 333 g/mol. The highest BCUT2D eigenvalue weighted by Gasteiger charge is 2.17. The van der Waals surface area contributed by atoms with Crippen molar-refractivity contribution in [3.63, 3.8) is 0 Å². The highest BCUT2D eigenvalue weighted by Crippen LogP contribution is 2.28. The van der Waals surface area contributed by atoms with E-state index in [9.17, 15) is 4.79 Å². The molecule has 0 radical (unpaired) electrons. The molecule has 0 amide bonds. The van der Waals surface area contributed by atoms with Crippen LogP contribution in [0, 0.1) is 6.92 Å². The van der Waals surface area contributed by atoms with Crippen LogP contribution < -0.4 is 19.8 Å². The molecule has 2 aromatic rings. The van der Waals surface area contributed by atoms with Gasteiger partial charge in [0.1, 0.15) is 18.0 Å². The molecule has 2 rings (SSSR count). The summed E-state index contributed by atoms with van der Waals surface area (Å²) in [5, 5.41) is 0.623. The van der Waals surface area contributed by atoms with Gasteiger partial charge in [0.2, 0.25) is 0 Å². The molecule has 2 N–H and O–H groups in total. The topological polar surface area (TPSA) is 55.8 Å². The molecule has 132 valence electrons. The summed E-state index contributed by atoms with van der Waals surface area (Å²) < 4.78 is 10.7. The van der Waals surface area contributed by atoms with Gasteiger partial charge < -0.3 is 19.4 Å². The van der Waals surface area contributed by atoms with Crippen LogP contribution in [0.4, 0.5) is 0 Å². The fourth-order valence-electron chi connectivity index (χ4n) is 3.05. The van der Waals surface area contributed by atoms with Gasteiger partial charge in [0.05, 0.1) is 43.8 Å². The number of ether oxygens (including phenoxy) is 2. The van der Waals surface area contributed by atoms with Gasteiger partial charge in [0.25, 0.3) is 0 Å². The predicted octanol–water partition coefficient (Wildman–Crippen LogP) is 2.06. The van der Waals surface area contributed by atoms with Crippen LogP contribution in [0.25, 0.3) is 10.9 Å². The van der Waals surface area contributed by atoms with Crippen molar-refractivity contribution in [1.82, 2.24) is 4.98 Å². The third-order valence-corrected chi connectivity index (χ3v) is 4.63. The highest BCUT2D eigenvalue weighted by atomic mass is 16.5. The molecule has 0 aliphatic carbocycles. The van der Waals surface area contributed by atoms with Gasteiger partial charge >= 0.3 is 0 Å². The van der Waals surface area contributed by atoms with Gasteiger partial charge in [0, 0.05) is 11.8 Å². The lowest BCUT2D eigenvalue weighted by Gasteiger charge is -2.19. The molecule has 0 bridgehead atoms. The number of hydrogen-bond donors (Lipinski definition) is 2. The van der Waals surface area contributed by atoms with Gasteiger partial charge in [-0.2, -0.15) is 0 Å². The normalized spacial score (nSPS) is 12.4. The summed E-state index contributed by atoms with van der Waals surface area (Å²) in [6, 6.07) is 3.58. The van der Waals surface area contributed by atoms with Crippen molar-refractivity contribution in [3.05, 3.63) is 33.6 Å². The quantitative estimate of drug-likeness (QED) is 0.777. The maximum Gasteiger partial charge on any atom is 0.198 e. The highest BCUT2D eigenvalue weighted by molar-refractivity contribution is 5.86. The molecular formula is C19H29N2O3+. The molecule has 1 aromatic heterocycles. The molecule has 0 aliphatic heterocycles. The van der Waals surface area contributed by atoms with Gasteiger partial charge in [-0.05, 0) is 26.3 Å². The Morgan fingerprint density at radius 2 is 1.92 bits per heavy atom. The second-order valence-corrected chi connectivity index (χ2v) is 6.19. The number of nitrogens with one attached hydrogen (secondary N) is 2. The lowest BCUT2D eigenvalue weighted by Crippen LogP contribution is -3.10. The maximum atomic E-state index is 13.1. The van der Waals surface area contributed by atoms with Crippen molar-refractivity contribution in [2.45, 2.75) is 40.2 Å². The average molecular weight is 333 g/mol. The van der Waals surface area contributed by atoms with Crippen molar-refractivity contribution in [2.24, 2.45) is 0 Å². The minimum Gasteiger partial charge on any atom is -0.497 e. The van der Waals surface area contributed by atoms with E-state index in [2.05, 4.69) is 18.8 Å². The number of aromatic amines is 1. The molecule has 1 aromatic carbocycles. The number of H-pyrrole nitrogens is 1. The maximum absolute atomic E-state index is 13.1. The summed E-state index contributed by atoms with van der Waals surface area (Å²) in [6.45, 7) is 9.17. The Balaban J connectivity index is 2.53. The standard InChI is InChI=1S/C19H28N2O3/c1-6-8-9-21(7-2)12-16-13(3)20-18-15(19(16)22)10-14(23-4)11-17(18)24-5/h10-11H,6-9,12H2,1-5H3,(H,20,22)/p+1. The SMILES string of the molecule is CCCC[NH+](CC)Cc1c(C)[nH]c2c(OC)cc(OC)cc2c1=O. The fourth-order valence-corrected chi connectivity index (χ4v) is 3.05. The van der Waals surface area contributed by atoms with Gasteiger partial charge in [-0.25, -0.2) is 0 Å². The minimum absolute atomic E-state index is 0.0703. The number of rotatable bonds is 8. The predicted molar refractivity (Wildman–Crippen MR) is 97.4 cm³/mol. The summed E-state index contributed by atoms with van der Waals surface area (Å²) in [4.78, 5) is 17.9. The first-order valence-electron chi connectivity index (χ1n) is 8.66. The van der Waals surface area contributed by atoms with E-state index in [1.165, 1.54) is 17.7 Å². The second kappa shape index (κ2) is 8.20. The molecule has 0 saturated heterocycles. The Hall–Kier alpha value is -2.01. The molecule has 24 heavy (non-hydrogen) atoms. The van der Waals surface area contributed by atoms with E-state index in [0.29, 0.717) is 16.9 Å². The van der Waals surface area contributed by atoms with Crippen LogP contribution in [-0.2, 0) is 6.54 Å². The van der Waals surface area contributed by atoms with E-state index >= 15 is 0 Å². The van der Waals surface area contributed by atoms with E-state index in [0.717, 1.165) is 36.4 Å². The molecule has 5 heteroatoms. The number of methoxy groups -OCH3 is 2. The number of unbranched alkanes of at least 4 members (excludes halogenated alkanes) is 1. The lowest BCUT2D eigenvalue weighted by molar-refractivity contribution is -0.912. The third kappa shape index (κ3) is 3.73. The van der Waals surface area contributed by atoms with Crippen LogP contribution in [-0.4, -0.2) is 32.3 Å². The number of benzene rings is 1. The molecule has 0 saturated carbocycles. The van der Waals surface area contributed by atoms with Crippen LogP contribution in [0.15, 0.2) is 16.9 Å². The minimum atomic E-state index is 0.0703. The Labute approximate surface area is 143 Å². The van der Waals surface area contributed by atoms with E-state index in [4.69, 9.17) is 9.47 Å². The molecular weight excluding hydrogens is 304 g/mol. The van der Waals surface area contributed by atoms with E-state index in [-0.39, 0.29) is 5.43 Å². The summed E-state index contributed by atoms with van der Waals surface area (Å²) in [6.07, 6.45) is 2.35. The zero-order chi connectivity index (χ0) is 17.7. The van der Waals surface area contributed by atoms with Gasteiger partial charge in [-0.15, -0.1) is 0 Å². The van der Waals surface area contributed by atoms with Crippen LogP contribution in [0.3, 0.4) is 0 Å². The molecule has 1 heterocycles. The number of quaternary nitrogens is 1. The smallest absolute Gasteiger partial charge is 0.198 e. The molecule has 0 aliphatic rings. The summed E-state index contributed by atoms with van der Waals surface area (Å²) >= 11 is 0. The van der Waals surface area contributed by atoms with Gasteiger partial charge in [-0.1, -0.05) is 13.3 Å². The van der Waals surface area contributed by atoms with Crippen molar-refractivity contribution in [1.29, 1.82) is 0 Å².